The van der Waals surface area contributed by atoms with E-state index in [-0.39, 0.29) is 0 Å². The van der Waals surface area contributed by atoms with Crippen molar-refractivity contribution < 1.29 is 0 Å². The maximum Gasteiger partial charge on any atom is 0.164 e. The summed E-state index contributed by atoms with van der Waals surface area (Å²) in [5.74, 6) is 0. The molecule has 0 aliphatic carbocycles. The number of hydrogen-bond acceptors (Lipinski definition) is 4. The van der Waals surface area contributed by atoms with Crippen LogP contribution in [0.15, 0.2) is 41.8 Å². The molecule has 0 radical (unpaired) electrons. The van der Waals surface area contributed by atoms with Crippen molar-refractivity contribution in [2.24, 2.45) is 5.10 Å². The van der Waals surface area contributed by atoms with Gasteiger partial charge in [0, 0.05) is 0 Å². The van der Waals surface area contributed by atoms with Gasteiger partial charge in [0.05, 0.1) is 6.21 Å². The lowest BCUT2D eigenvalue weighted by Gasteiger charge is -1.88. The Balaban J connectivity index is 2.15. The summed E-state index contributed by atoms with van der Waals surface area (Å²) in [6.45, 7) is 0. The van der Waals surface area contributed by atoms with Crippen molar-refractivity contribution in [3.05, 3.63) is 42.2 Å². The van der Waals surface area contributed by atoms with Gasteiger partial charge in [-0.3, -0.25) is 0 Å². The highest BCUT2D eigenvalue weighted by Gasteiger charge is 1.86. The second-order valence-electron chi connectivity index (χ2n) is 2.36. The topological polar surface area (TPSA) is 56.0 Å². The van der Waals surface area contributed by atoms with Crippen LogP contribution in [0.5, 0.6) is 0 Å². The lowest BCUT2D eigenvalue weighted by atomic mass is 10.2. The number of hydrogen-bond donors (Lipinski definition) is 0. The summed E-state index contributed by atoms with van der Waals surface area (Å²) in [6.07, 6.45) is 3.00. The highest BCUT2D eigenvalue weighted by atomic mass is 15.7. The van der Waals surface area contributed by atoms with Gasteiger partial charge in [0.1, 0.15) is 0 Å². The van der Waals surface area contributed by atoms with Crippen LogP contribution in [-0.2, 0) is 0 Å². The van der Waals surface area contributed by atoms with Gasteiger partial charge < -0.3 is 0 Å². The van der Waals surface area contributed by atoms with Crippen molar-refractivity contribution in [2.45, 2.75) is 0 Å². The zero-order valence-electron chi connectivity index (χ0n) is 6.78. The summed E-state index contributed by atoms with van der Waals surface area (Å²) < 4.78 is 0. The smallest absolute Gasteiger partial charge is 0.138 e. The Bertz CT molecular complexity index is 378. The summed E-state index contributed by atoms with van der Waals surface area (Å²) >= 11 is 0. The number of tetrazole rings is 1. The van der Waals surface area contributed by atoms with Gasteiger partial charge in [-0.25, -0.2) is 0 Å². The molecule has 0 bridgehead atoms. The fourth-order valence-electron chi connectivity index (χ4n) is 0.872. The number of nitrogens with zero attached hydrogens (tertiary/aromatic N) is 5. The second-order valence-corrected chi connectivity index (χ2v) is 2.36. The van der Waals surface area contributed by atoms with Crippen LogP contribution >= 0.6 is 0 Å². The fourth-order valence-corrected chi connectivity index (χ4v) is 0.872. The molecule has 2 aromatic rings. The minimum absolute atomic E-state index is 1.000. The zero-order valence-corrected chi connectivity index (χ0v) is 6.78. The van der Waals surface area contributed by atoms with Crippen LogP contribution in [0.2, 0.25) is 0 Å². The van der Waals surface area contributed by atoms with Crippen LogP contribution in [0.25, 0.3) is 0 Å². The van der Waals surface area contributed by atoms with Crippen LogP contribution in [0, 0.1) is 0 Å². The van der Waals surface area contributed by atoms with Gasteiger partial charge in [0.2, 0.25) is 0 Å². The molecule has 64 valence electrons. The molecule has 0 spiro atoms. The monoisotopic (exact) mass is 173 g/mol. The Hall–Kier alpha value is -2.04. The van der Waals surface area contributed by atoms with Crippen molar-refractivity contribution in [1.82, 2.24) is 20.3 Å². The van der Waals surface area contributed by atoms with Crippen LogP contribution in [0.1, 0.15) is 5.56 Å². The molecule has 5 heteroatoms. The van der Waals surface area contributed by atoms with E-state index in [0.29, 0.717) is 0 Å². The third kappa shape index (κ3) is 1.96. The Morgan fingerprint density at radius 1 is 1.23 bits per heavy atom. The molecule has 13 heavy (non-hydrogen) atoms. The van der Waals surface area contributed by atoms with Gasteiger partial charge in [0.25, 0.3) is 0 Å². The van der Waals surface area contributed by atoms with Gasteiger partial charge in [0.15, 0.2) is 6.33 Å². The van der Waals surface area contributed by atoms with Gasteiger partial charge in [-0.1, -0.05) is 30.3 Å². The highest BCUT2D eigenvalue weighted by molar-refractivity contribution is 5.79. The van der Waals surface area contributed by atoms with Gasteiger partial charge in [-0.05, 0) is 15.7 Å². The molecule has 0 aliphatic heterocycles. The summed E-state index contributed by atoms with van der Waals surface area (Å²) in [5.41, 5.74) is 1.000. The zero-order chi connectivity index (χ0) is 8.93. The Morgan fingerprint density at radius 3 is 2.77 bits per heavy atom. The molecule has 0 amide bonds. The lowest BCUT2D eigenvalue weighted by molar-refractivity contribution is 0.613. The Kier molecular flexibility index (Phi) is 2.09. The molecule has 0 atom stereocenters. The van der Waals surface area contributed by atoms with E-state index in [0.717, 1.165) is 10.5 Å². The van der Waals surface area contributed by atoms with Crippen molar-refractivity contribution in [1.29, 1.82) is 0 Å². The first-order valence-electron chi connectivity index (χ1n) is 3.77. The van der Waals surface area contributed by atoms with E-state index in [2.05, 4.69) is 20.5 Å². The average Bonchev–Trinajstić information content (AvgIpc) is 2.69. The molecule has 5 nitrogen and oxygen atoms in total. The van der Waals surface area contributed by atoms with Gasteiger partial charge in [-0.2, -0.15) is 0 Å². The van der Waals surface area contributed by atoms with E-state index >= 15 is 0 Å². The second kappa shape index (κ2) is 3.57. The van der Waals surface area contributed by atoms with E-state index in [4.69, 9.17) is 0 Å². The summed E-state index contributed by atoms with van der Waals surface area (Å²) in [7, 11) is 0. The highest BCUT2D eigenvalue weighted by Crippen LogP contribution is 1.93. The number of aromatic nitrogens is 4. The predicted molar refractivity (Wildman–Crippen MR) is 47.3 cm³/mol. The van der Waals surface area contributed by atoms with Gasteiger partial charge >= 0.3 is 0 Å². The molecule has 0 aliphatic rings. The molecular formula is C8H7N5. The quantitative estimate of drug-likeness (QED) is 0.623. The molecule has 0 unspecified atom stereocenters. The van der Waals surface area contributed by atoms with Crippen LogP contribution in [0.3, 0.4) is 0 Å². The van der Waals surface area contributed by atoms with E-state index in [1.54, 1.807) is 6.21 Å². The molecular weight excluding hydrogens is 166 g/mol. The minimum atomic E-state index is 1.000. The lowest BCUT2D eigenvalue weighted by Crippen LogP contribution is -1.94. The predicted octanol–water partition coefficient (Wildman–Crippen LogP) is 0.555. The standard InChI is InChI=1S/C8H7N5/c1-2-4-8(5-3-1)6-10-13-11-7-9-12-13/h1-7H/b10-6+. The molecule has 1 heterocycles. The first kappa shape index (κ1) is 7.60. The van der Waals surface area contributed by atoms with Crippen LogP contribution < -0.4 is 0 Å². The van der Waals surface area contributed by atoms with Crippen molar-refractivity contribution in [2.75, 3.05) is 0 Å². The Morgan fingerprint density at radius 2 is 2.08 bits per heavy atom. The molecule has 0 N–H and O–H groups in total. The first-order valence-corrected chi connectivity index (χ1v) is 3.77. The maximum absolute atomic E-state index is 3.94. The summed E-state index contributed by atoms with van der Waals surface area (Å²) in [4.78, 5) is 1.16. The Labute approximate surface area is 74.7 Å². The molecule has 1 aromatic heterocycles. The van der Waals surface area contributed by atoms with E-state index in [1.165, 1.54) is 6.33 Å². The van der Waals surface area contributed by atoms with E-state index < -0.39 is 0 Å². The third-order valence-corrected chi connectivity index (χ3v) is 1.45. The summed E-state index contributed by atoms with van der Waals surface area (Å²) in [5, 5.41) is 14.8. The van der Waals surface area contributed by atoms with Crippen molar-refractivity contribution in [3.8, 4) is 0 Å². The average molecular weight is 173 g/mol. The molecule has 0 saturated carbocycles. The van der Waals surface area contributed by atoms with E-state index in [1.807, 2.05) is 30.3 Å². The first-order chi connectivity index (χ1) is 6.45. The third-order valence-electron chi connectivity index (χ3n) is 1.45. The maximum atomic E-state index is 3.94. The normalized spacial score (nSPS) is 10.8. The van der Waals surface area contributed by atoms with Crippen LogP contribution in [-0.4, -0.2) is 26.5 Å². The van der Waals surface area contributed by atoms with Crippen LogP contribution in [0.4, 0.5) is 0 Å². The molecule has 0 fully saturated rings. The largest absolute Gasteiger partial charge is 0.164 e. The number of rotatable bonds is 2. The fraction of sp³-hybridized carbons (Fsp3) is 0. The molecule has 0 saturated heterocycles. The SMILES string of the molecule is C(=N\n1ncnn1)/c1ccccc1. The van der Waals surface area contributed by atoms with Gasteiger partial charge in [-0.15, -0.1) is 15.3 Å². The molecule has 1 aromatic carbocycles. The minimum Gasteiger partial charge on any atom is -0.138 e. The van der Waals surface area contributed by atoms with E-state index in [9.17, 15) is 0 Å². The van der Waals surface area contributed by atoms with Crippen molar-refractivity contribution >= 4 is 6.21 Å². The molecule has 2 rings (SSSR count). The summed E-state index contributed by atoms with van der Waals surface area (Å²) in [6, 6.07) is 9.72. The number of benzene rings is 1. The van der Waals surface area contributed by atoms with Crippen molar-refractivity contribution in [3.63, 3.8) is 0 Å².